The first-order valence-corrected chi connectivity index (χ1v) is 8.62. The van der Waals surface area contributed by atoms with Gasteiger partial charge < -0.3 is 15.0 Å². The molecule has 0 aliphatic carbocycles. The Morgan fingerprint density at radius 1 is 1.11 bits per heavy atom. The monoisotopic (exact) mass is 388 g/mol. The van der Waals surface area contributed by atoms with Gasteiger partial charge in [0.25, 0.3) is 5.91 Å². The van der Waals surface area contributed by atoms with Crippen LogP contribution < -0.4 is 5.32 Å². The van der Waals surface area contributed by atoms with Gasteiger partial charge in [0.15, 0.2) is 5.78 Å². The van der Waals surface area contributed by atoms with Crippen molar-refractivity contribution < 1.29 is 23.1 Å². The van der Waals surface area contributed by atoms with Crippen molar-refractivity contribution in [2.75, 3.05) is 20.7 Å². The zero-order valence-electron chi connectivity index (χ0n) is 15.7. The van der Waals surface area contributed by atoms with Crippen molar-refractivity contribution in [3.63, 3.8) is 0 Å². The molecule has 148 valence electrons. The minimum atomic E-state index is -0.768. The highest BCUT2D eigenvalue weighted by atomic mass is 19.1. The molecule has 0 bridgehead atoms. The molecular weight excluding hydrogens is 366 g/mol. The van der Waals surface area contributed by atoms with Crippen LogP contribution in [0.5, 0.6) is 0 Å². The Kier molecular flexibility index (Phi) is 7.83. The molecule has 28 heavy (non-hydrogen) atoms. The quantitative estimate of drug-likeness (QED) is 0.408. The van der Waals surface area contributed by atoms with E-state index in [9.17, 15) is 18.4 Å². The fourth-order valence-electron chi connectivity index (χ4n) is 2.36. The molecule has 0 atom stereocenters. The van der Waals surface area contributed by atoms with Crippen LogP contribution in [0, 0.1) is 11.6 Å². The zero-order valence-corrected chi connectivity index (χ0v) is 15.7. The molecule has 7 heteroatoms. The molecule has 0 fully saturated rings. The summed E-state index contributed by atoms with van der Waals surface area (Å²) >= 11 is 0. The van der Waals surface area contributed by atoms with Crippen molar-refractivity contribution in [2.24, 2.45) is 0 Å². The molecular formula is C21H22F2N2O3. The summed E-state index contributed by atoms with van der Waals surface area (Å²) < 4.78 is 32.1. The number of amides is 1. The number of hydrogen-bond donors (Lipinski definition) is 1. The van der Waals surface area contributed by atoms with E-state index in [1.165, 1.54) is 12.3 Å². The second kappa shape index (κ2) is 10.3. The van der Waals surface area contributed by atoms with Crippen LogP contribution in [-0.4, -0.2) is 37.3 Å². The number of ketones is 1. The van der Waals surface area contributed by atoms with Crippen LogP contribution in [0.15, 0.2) is 60.3 Å². The van der Waals surface area contributed by atoms with Crippen LogP contribution in [0.3, 0.4) is 0 Å². The number of nitrogens with one attached hydrogen (secondary N) is 1. The lowest BCUT2D eigenvalue weighted by atomic mass is 10.1. The molecule has 0 saturated heterocycles. The molecule has 2 aromatic carbocycles. The van der Waals surface area contributed by atoms with Crippen LogP contribution in [-0.2, 0) is 27.5 Å². The van der Waals surface area contributed by atoms with E-state index in [2.05, 4.69) is 5.32 Å². The van der Waals surface area contributed by atoms with Gasteiger partial charge in [0, 0.05) is 38.5 Å². The molecule has 1 N–H and O–H groups in total. The molecule has 0 aliphatic heterocycles. The Morgan fingerprint density at radius 3 is 2.46 bits per heavy atom. The smallest absolute Gasteiger partial charge is 0.256 e. The van der Waals surface area contributed by atoms with E-state index in [1.54, 1.807) is 19.0 Å². The molecule has 0 aliphatic rings. The number of ether oxygens (including phenoxy) is 1. The van der Waals surface area contributed by atoms with E-state index >= 15 is 0 Å². The summed E-state index contributed by atoms with van der Waals surface area (Å²) in [6.45, 7) is -0.203. The first kappa shape index (κ1) is 21.2. The Bertz CT molecular complexity index is 852. The van der Waals surface area contributed by atoms with Crippen molar-refractivity contribution in [3.05, 3.63) is 83.1 Å². The minimum absolute atomic E-state index is 0.111. The maximum atomic E-state index is 13.7. The summed E-state index contributed by atoms with van der Waals surface area (Å²) in [6, 6.07) is 12.4. The first-order valence-electron chi connectivity index (χ1n) is 8.62. The highest BCUT2D eigenvalue weighted by molar-refractivity contribution is 6.19. The normalized spacial score (nSPS) is 11.2. The lowest BCUT2D eigenvalue weighted by molar-refractivity contribution is -0.125. The second-order valence-electron chi connectivity index (χ2n) is 6.33. The van der Waals surface area contributed by atoms with E-state index in [-0.39, 0.29) is 30.9 Å². The molecule has 0 unspecified atom stereocenters. The van der Waals surface area contributed by atoms with Crippen LogP contribution in [0.4, 0.5) is 8.78 Å². The molecule has 2 aromatic rings. The number of nitrogens with zero attached hydrogens (tertiary/aromatic N) is 1. The first-order chi connectivity index (χ1) is 13.4. The number of carbonyl (C=O) groups excluding carboxylic acids is 2. The number of carbonyl (C=O) groups is 2. The molecule has 0 heterocycles. The number of Topliss-reactive ketones (excluding diaryl/α,β-unsaturated/α-hetero) is 1. The number of halogens is 2. The number of hydrogen-bond acceptors (Lipinski definition) is 4. The third kappa shape index (κ3) is 6.59. The van der Waals surface area contributed by atoms with Gasteiger partial charge >= 0.3 is 0 Å². The van der Waals surface area contributed by atoms with Crippen molar-refractivity contribution in [1.82, 2.24) is 10.2 Å². The van der Waals surface area contributed by atoms with Crippen LogP contribution in [0.25, 0.3) is 0 Å². The van der Waals surface area contributed by atoms with Gasteiger partial charge in [0.1, 0.15) is 23.8 Å². The largest absolute Gasteiger partial charge is 0.383 e. The summed E-state index contributed by atoms with van der Waals surface area (Å²) in [7, 11) is 3.34. The van der Waals surface area contributed by atoms with Gasteiger partial charge in [-0.25, -0.2) is 8.78 Å². The third-order valence-corrected chi connectivity index (χ3v) is 3.73. The van der Waals surface area contributed by atoms with Gasteiger partial charge in [0.2, 0.25) is 0 Å². The van der Waals surface area contributed by atoms with Gasteiger partial charge in [0.05, 0.1) is 6.61 Å². The maximum Gasteiger partial charge on any atom is 0.256 e. The molecule has 0 aromatic heterocycles. The fraction of sp³-hybridized carbons (Fsp3) is 0.238. The van der Waals surface area contributed by atoms with E-state index in [0.717, 1.165) is 17.7 Å². The standard InChI is InChI=1S/C21H22F2N2O3/c1-25(2)12-18(20(26)14-28-13-15-6-4-3-5-7-15)21(27)24-11-16-8-9-17(22)10-19(16)23/h3-10,12H,11,13-14H2,1-2H3,(H,24,27)/b18-12+. The van der Waals surface area contributed by atoms with E-state index < -0.39 is 23.3 Å². The molecule has 0 saturated carbocycles. The van der Waals surface area contributed by atoms with E-state index in [1.807, 2.05) is 30.3 Å². The summed E-state index contributed by atoms with van der Waals surface area (Å²) in [5.74, 6) is -2.63. The topological polar surface area (TPSA) is 58.6 Å². The van der Waals surface area contributed by atoms with Gasteiger partial charge in [-0.05, 0) is 11.6 Å². The summed E-state index contributed by atoms with van der Waals surface area (Å²) in [4.78, 5) is 26.4. The zero-order chi connectivity index (χ0) is 20.5. The highest BCUT2D eigenvalue weighted by Crippen LogP contribution is 2.10. The Labute approximate surface area is 162 Å². The number of benzene rings is 2. The predicted molar refractivity (Wildman–Crippen MR) is 101 cm³/mol. The fourth-order valence-corrected chi connectivity index (χ4v) is 2.36. The Hall–Kier alpha value is -3.06. The van der Waals surface area contributed by atoms with Gasteiger partial charge in [-0.2, -0.15) is 0 Å². The lowest BCUT2D eigenvalue weighted by Crippen LogP contribution is -2.31. The van der Waals surface area contributed by atoms with Gasteiger partial charge in [-0.1, -0.05) is 36.4 Å². The van der Waals surface area contributed by atoms with E-state index in [4.69, 9.17) is 4.74 Å². The average Bonchev–Trinajstić information content (AvgIpc) is 2.65. The van der Waals surface area contributed by atoms with Crippen LogP contribution in [0.2, 0.25) is 0 Å². The highest BCUT2D eigenvalue weighted by Gasteiger charge is 2.19. The van der Waals surface area contributed by atoms with Gasteiger partial charge in [-0.15, -0.1) is 0 Å². The lowest BCUT2D eigenvalue weighted by Gasteiger charge is -2.12. The Morgan fingerprint density at radius 2 is 1.82 bits per heavy atom. The van der Waals surface area contributed by atoms with Gasteiger partial charge in [-0.3, -0.25) is 9.59 Å². The third-order valence-electron chi connectivity index (χ3n) is 3.73. The average molecular weight is 388 g/mol. The van der Waals surface area contributed by atoms with Crippen molar-refractivity contribution in [1.29, 1.82) is 0 Å². The van der Waals surface area contributed by atoms with Crippen molar-refractivity contribution >= 4 is 11.7 Å². The van der Waals surface area contributed by atoms with Crippen LogP contribution >= 0.6 is 0 Å². The predicted octanol–water partition coefficient (Wildman–Crippen LogP) is 2.81. The van der Waals surface area contributed by atoms with Crippen LogP contribution in [0.1, 0.15) is 11.1 Å². The summed E-state index contributed by atoms with van der Waals surface area (Å²) in [5, 5.41) is 2.48. The minimum Gasteiger partial charge on any atom is -0.383 e. The molecule has 1 amide bonds. The van der Waals surface area contributed by atoms with Crippen molar-refractivity contribution in [3.8, 4) is 0 Å². The summed E-state index contributed by atoms with van der Waals surface area (Å²) in [5.41, 5.74) is 0.914. The summed E-state index contributed by atoms with van der Waals surface area (Å²) in [6.07, 6.45) is 1.38. The molecule has 2 rings (SSSR count). The van der Waals surface area contributed by atoms with E-state index in [0.29, 0.717) is 0 Å². The molecule has 0 spiro atoms. The SMILES string of the molecule is CN(C)/C=C(\C(=O)COCc1ccccc1)C(=O)NCc1ccc(F)cc1F. The maximum absolute atomic E-state index is 13.7. The second-order valence-corrected chi connectivity index (χ2v) is 6.33. The number of rotatable bonds is 9. The van der Waals surface area contributed by atoms with Crippen molar-refractivity contribution in [2.45, 2.75) is 13.2 Å². The Balaban J connectivity index is 1.97. The molecule has 5 nitrogen and oxygen atoms in total. The molecule has 0 radical (unpaired) electrons.